The highest BCUT2D eigenvalue weighted by Gasteiger charge is 2.39. The molecule has 0 aromatic carbocycles. The number of likely N-dealkylation sites (tertiary alicyclic amines) is 1. The van der Waals surface area contributed by atoms with Gasteiger partial charge in [-0.05, 0) is 31.6 Å². The summed E-state index contributed by atoms with van der Waals surface area (Å²) >= 11 is 0. The summed E-state index contributed by atoms with van der Waals surface area (Å²) in [6.07, 6.45) is 9.23. The molecule has 1 heterocycles. The van der Waals surface area contributed by atoms with Gasteiger partial charge in [-0.2, -0.15) is 0 Å². The molecule has 8 heteroatoms. The van der Waals surface area contributed by atoms with Crippen molar-refractivity contribution in [3.8, 4) is 0 Å². The molecule has 0 radical (unpaired) electrons. The minimum atomic E-state index is -3.13. The molecule has 1 saturated carbocycles. The van der Waals surface area contributed by atoms with Crippen LogP contribution in [0.15, 0.2) is 4.99 Å². The van der Waals surface area contributed by atoms with Gasteiger partial charge in [-0.1, -0.05) is 19.3 Å². The molecule has 0 aromatic rings. The lowest BCUT2D eigenvalue weighted by Crippen LogP contribution is -2.42. The van der Waals surface area contributed by atoms with Crippen LogP contribution in [0, 0.1) is 5.41 Å². The van der Waals surface area contributed by atoms with E-state index in [2.05, 4.69) is 26.9 Å². The van der Waals surface area contributed by atoms with E-state index in [9.17, 15) is 8.42 Å². The Bertz CT molecular complexity index is 490. The standard InChI is InChI=1S/C15H30N4O2S.HI/c1-3-16-14(17-10-11-18-22(2,20)21)19-12-9-15(13-19)7-5-4-6-8-15;/h18H,3-13H2,1-2H3,(H,16,17);1H. The Hall–Kier alpha value is -0.0900. The van der Waals surface area contributed by atoms with E-state index in [1.807, 2.05) is 0 Å². The Kier molecular flexibility index (Phi) is 8.57. The first-order valence-corrected chi connectivity index (χ1v) is 10.3. The zero-order valence-corrected chi connectivity index (χ0v) is 17.5. The van der Waals surface area contributed by atoms with E-state index >= 15 is 0 Å². The Labute approximate surface area is 157 Å². The molecule has 2 fully saturated rings. The molecule has 0 atom stereocenters. The van der Waals surface area contributed by atoms with Crippen LogP contribution in [0.4, 0.5) is 0 Å². The van der Waals surface area contributed by atoms with Crippen LogP contribution in [-0.4, -0.2) is 58.3 Å². The molecule has 1 aliphatic carbocycles. The first-order valence-electron chi connectivity index (χ1n) is 8.42. The second-order valence-electron chi connectivity index (χ2n) is 6.63. The molecule has 2 N–H and O–H groups in total. The number of hydrogen-bond donors (Lipinski definition) is 2. The third-order valence-electron chi connectivity index (χ3n) is 4.72. The molecule has 1 aliphatic heterocycles. The number of rotatable bonds is 5. The lowest BCUT2D eigenvalue weighted by Gasteiger charge is -2.33. The number of nitrogens with one attached hydrogen (secondary N) is 2. The van der Waals surface area contributed by atoms with Crippen molar-refractivity contribution in [2.24, 2.45) is 10.4 Å². The maximum Gasteiger partial charge on any atom is 0.208 e. The van der Waals surface area contributed by atoms with E-state index < -0.39 is 10.0 Å². The van der Waals surface area contributed by atoms with Crippen LogP contribution in [-0.2, 0) is 10.0 Å². The first kappa shape index (κ1) is 21.0. The molecule has 23 heavy (non-hydrogen) atoms. The van der Waals surface area contributed by atoms with Gasteiger partial charge in [0.2, 0.25) is 10.0 Å². The minimum Gasteiger partial charge on any atom is -0.357 e. The zero-order chi connectivity index (χ0) is 16.1. The number of sulfonamides is 1. The predicted octanol–water partition coefficient (Wildman–Crippen LogP) is 1.78. The van der Waals surface area contributed by atoms with E-state index in [4.69, 9.17) is 0 Å². The summed E-state index contributed by atoms with van der Waals surface area (Å²) in [6, 6.07) is 0. The van der Waals surface area contributed by atoms with Gasteiger partial charge in [0, 0.05) is 26.2 Å². The Morgan fingerprint density at radius 2 is 1.91 bits per heavy atom. The maximum atomic E-state index is 11.1. The Morgan fingerprint density at radius 3 is 2.52 bits per heavy atom. The Balaban J connectivity index is 0.00000264. The van der Waals surface area contributed by atoms with Gasteiger partial charge in [-0.25, -0.2) is 13.1 Å². The topological polar surface area (TPSA) is 73.8 Å². The lowest BCUT2D eigenvalue weighted by molar-refractivity contribution is 0.203. The van der Waals surface area contributed by atoms with Crippen molar-refractivity contribution in [1.29, 1.82) is 0 Å². The fraction of sp³-hybridized carbons (Fsp3) is 0.933. The third-order valence-corrected chi connectivity index (χ3v) is 5.45. The number of guanidine groups is 1. The van der Waals surface area contributed by atoms with Gasteiger partial charge in [0.1, 0.15) is 0 Å². The van der Waals surface area contributed by atoms with Crippen LogP contribution in [0.3, 0.4) is 0 Å². The summed E-state index contributed by atoms with van der Waals surface area (Å²) in [5.74, 6) is 0.931. The largest absolute Gasteiger partial charge is 0.357 e. The van der Waals surface area contributed by atoms with Crippen molar-refractivity contribution in [3.05, 3.63) is 0 Å². The second kappa shape index (κ2) is 9.41. The zero-order valence-electron chi connectivity index (χ0n) is 14.3. The SMILES string of the molecule is CCNC(=NCCNS(C)(=O)=O)N1CCC2(CCCCC2)C1.I. The van der Waals surface area contributed by atoms with Crippen molar-refractivity contribution in [2.45, 2.75) is 45.4 Å². The van der Waals surface area contributed by atoms with Crippen LogP contribution < -0.4 is 10.0 Å². The van der Waals surface area contributed by atoms with Gasteiger partial charge in [0.25, 0.3) is 0 Å². The fourth-order valence-corrected chi connectivity index (χ4v) is 4.11. The summed E-state index contributed by atoms with van der Waals surface area (Å²) in [6.45, 7) is 5.88. The summed E-state index contributed by atoms with van der Waals surface area (Å²) < 4.78 is 24.6. The molecule has 1 spiro atoms. The summed E-state index contributed by atoms with van der Waals surface area (Å²) in [5, 5.41) is 3.34. The Morgan fingerprint density at radius 1 is 1.22 bits per heavy atom. The number of halogens is 1. The van der Waals surface area contributed by atoms with Gasteiger partial charge in [0.05, 0.1) is 12.8 Å². The van der Waals surface area contributed by atoms with Crippen LogP contribution in [0.5, 0.6) is 0 Å². The van der Waals surface area contributed by atoms with Gasteiger partial charge < -0.3 is 10.2 Å². The minimum absolute atomic E-state index is 0. The maximum absolute atomic E-state index is 11.1. The van der Waals surface area contributed by atoms with E-state index in [0.717, 1.165) is 25.6 Å². The van der Waals surface area contributed by atoms with E-state index in [1.165, 1.54) is 44.8 Å². The normalized spacial score (nSPS) is 21.3. The van der Waals surface area contributed by atoms with Gasteiger partial charge in [-0.15, -0.1) is 24.0 Å². The molecule has 2 aliphatic rings. The average molecular weight is 458 g/mol. The highest BCUT2D eigenvalue weighted by molar-refractivity contribution is 14.0. The quantitative estimate of drug-likeness (QED) is 0.285. The molecule has 136 valence electrons. The fourth-order valence-electron chi connectivity index (χ4n) is 3.64. The predicted molar refractivity (Wildman–Crippen MR) is 106 cm³/mol. The molecule has 0 bridgehead atoms. The van der Waals surface area contributed by atoms with E-state index in [-0.39, 0.29) is 24.0 Å². The third kappa shape index (κ3) is 6.74. The number of hydrogen-bond acceptors (Lipinski definition) is 3. The van der Waals surface area contributed by atoms with Crippen LogP contribution in [0.1, 0.15) is 45.4 Å². The van der Waals surface area contributed by atoms with Crippen molar-refractivity contribution in [1.82, 2.24) is 14.9 Å². The van der Waals surface area contributed by atoms with Crippen LogP contribution in [0.25, 0.3) is 0 Å². The molecule has 0 amide bonds. The molecular weight excluding hydrogens is 427 g/mol. The second-order valence-corrected chi connectivity index (χ2v) is 8.47. The van der Waals surface area contributed by atoms with Crippen molar-refractivity contribution < 1.29 is 8.42 Å². The van der Waals surface area contributed by atoms with Crippen molar-refractivity contribution >= 4 is 40.0 Å². The molecule has 1 saturated heterocycles. The number of nitrogens with zero attached hydrogens (tertiary/aromatic N) is 2. The van der Waals surface area contributed by atoms with E-state index in [1.54, 1.807) is 0 Å². The lowest BCUT2D eigenvalue weighted by atomic mass is 9.73. The highest BCUT2D eigenvalue weighted by atomic mass is 127. The van der Waals surface area contributed by atoms with Crippen molar-refractivity contribution in [3.63, 3.8) is 0 Å². The summed E-state index contributed by atoms with van der Waals surface area (Å²) in [5.41, 5.74) is 0.499. The average Bonchev–Trinajstić information content (AvgIpc) is 2.85. The highest BCUT2D eigenvalue weighted by Crippen LogP contribution is 2.43. The van der Waals surface area contributed by atoms with Crippen LogP contribution in [0.2, 0.25) is 0 Å². The summed E-state index contributed by atoms with van der Waals surface area (Å²) in [7, 11) is -3.13. The monoisotopic (exact) mass is 458 g/mol. The smallest absolute Gasteiger partial charge is 0.208 e. The molecule has 6 nitrogen and oxygen atoms in total. The number of aliphatic imine (C=N–C) groups is 1. The molecule has 0 aromatic heterocycles. The molecule has 0 unspecified atom stereocenters. The first-order chi connectivity index (χ1) is 10.4. The van der Waals surface area contributed by atoms with Crippen molar-refractivity contribution in [2.75, 3.05) is 39.0 Å². The van der Waals surface area contributed by atoms with Gasteiger partial charge >= 0.3 is 0 Å². The van der Waals surface area contributed by atoms with E-state index in [0.29, 0.717) is 18.5 Å². The van der Waals surface area contributed by atoms with Gasteiger partial charge in [0.15, 0.2) is 5.96 Å². The molecule has 2 rings (SSSR count). The summed E-state index contributed by atoms with van der Waals surface area (Å²) in [4.78, 5) is 6.94. The molecular formula is C15H31IN4O2S. The van der Waals surface area contributed by atoms with Crippen LogP contribution >= 0.6 is 24.0 Å². The van der Waals surface area contributed by atoms with Gasteiger partial charge in [-0.3, -0.25) is 4.99 Å².